The van der Waals surface area contributed by atoms with Crippen molar-refractivity contribution in [3.63, 3.8) is 0 Å². The van der Waals surface area contributed by atoms with Gasteiger partial charge in [0.25, 0.3) is 0 Å². The largest absolute Gasteiger partial charge is 0.444 e. The molecule has 0 radical (unpaired) electrons. The van der Waals surface area contributed by atoms with Gasteiger partial charge in [-0.3, -0.25) is 0 Å². The van der Waals surface area contributed by atoms with E-state index in [1.165, 1.54) is 0 Å². The van der Waals surface area contributed by atoms with Crippen LogP contribution in [-0.2, 0) is 9.47 Å². The molecule has 1 aliphatic heterocycles. The maximum atomic E-state index is 12.7. The number of nitrogens with one attached hydrogen (secondary N) is 1. The van der Waals surface area contributed by atoms with Crippen LogP contribution in [0.2, 0.25) is 0 Å². The quantitative estimate of drug-likeness (QED) is 0.836. The van der Waals surface area contributed by atoms with Crippen LogP contribution in [0.15, 0.2) is 0 Å². The summed E-state index contributed by atoms with van der Waals surface area (Å²) in [7, 11) is 1.64. The summed E-state index contributed by atoms with van der Waals surface area (Å²) >= 11 is 0. The second kappa shape index (κ2) is 8.19. The van der Waals surface area contributed by atoms with E-state index in [1.807, 2.05) is 4.90 Å². The molecule has 1 N–H and O–H groups in total. The van der Waals surface area contributed by atoms with Gasteiger partial charge in [0.15, 0.2) is 0 Å². The van der Waals surface area contributed by atoms with Crippen molar-refractivity contribution in [2.75, 3.05) is 26.7 Å². The number of halogens is 3. The van der Waals surface area contributed by atoms with Crippen LogP contribution in [0, 0.1) is 0 Å². The Morgan fingerprint density at radius 3 is 2.26 bits per heavy atom. The summed E-state index contributed by atoms with van der Waals surface area (Å²) in [6.07, 6.45) is -4.52. The Kier molecular flexibility index (Phi) is 7.13. The fourth-order valence-corrected chi connectivity index (χ4v) is 2.55. The minimum absolute atomic E-state index is 0.148. The normalized spacial score (nSPS) is 19.4. The molecule has 1 heterocycles. The molecule has 1 unspecified atom stereocenters. The molecule has 1 aliphatic rings. The van der Waals surface area contributed by atoms with Crippen molar-refractivity contribution in [2.24, 2.45) is 0 Å². The van der Waals surface area contributed by atoms with E-state index in [1.54, 1.807) is 27.9 Å². The topological polar surface area (TPSA) is 50.8 Å². The smallest absolute Gasteiger partial charge is 0.407 e. The van der Waals surface area contributed by atoms with Gasteiger partial charge in [0.2, 0.25) is 0 Å². The molecular formula is C15H27F3N2O3. The molecule has 0 saturated carbocycles. The lowest BCUT2D eigenvalue weighted by Gasteiger charge is -2.34. The third-order valence-electron chi connectivity index (χ3n) is 3.55. The summed E-state index contributed by atoms with van der Waals surface area (Å²) in [5.74, 6) is 0. The molecule has 1 rings (SSSR count). The first-order valence-electron chi connectivity index (χ1n) is 7.80. The number of methoxy groups -OCH3 is 1. The zero-order chi connectivity index (χ0) is 17.7. The average Bonchev–Trinajstić information content (AvgIpc) is 2.35. The summed E-state index contributed by atoms with van der Waals surface area (Å²) in [6.45, 7) is 6.46. The molecule has 1 fully saturated rings. The Balaban J connectivity index is 2.57. The Morgan fingerprint density at radius 2 is 1.83 bits per heavy atom. The predicted octanol–water partition coefficient (Wildman–Crippen LogP) is 2.94. The molecule has 23 heavy (non-hydrogen) atoms. The molecule has 1 amide bonds. The Morgan fingerprint density at radius 1 is 1.26 bits per heavy atom. The fourth-order valence-electron chi connectivity index (χ4n) is 2.55. The molecule has 0 aliphatic carbocycles. The molecule has 0 aromatic heterocycles. The second-order valence-corrected chi connectivity index (χ2v) is 6.90. The number of rotatable bonds is 5. The fraction of sp³-hybridized carbons (Fsp3) is 0.933. The molecule has 1 saturated heterocycles. The van der Waals surface area contributed by atoms with Gasteiger partial charge in [0, 0.05) is 26.7 Å². The van der Waals surface area contributed by atoms with Gasteiger partial charge >= 0.3 is 12.3 Å². The number of carbonyl (C=O) groups excluding carboxylic acids is 1. The summed E-state index contributed by atoms with van der Waals surface area (Å²) in [4.78, 5) is 13.7. The number of nitrogens with zero attached hydrogens (tertiary/aromatic N) is 1. The molecule has 5 nitrogen and oxygen atoms in total. The van der Waals surface area contributed by atoms with Crippen LogP contribution in [-0.4, -0.2) is 61.7 Å². The van der Waals surface area contributed by atoms with Gasteiger partial charge in [-0.2, -0.15) is 13.2 Å². The van der Waals surface area contributed by atoms with Gasteiger partial charge in [-0.25, -0.2) is 4.79 Å². The van der Waals surface area contributed by atoms with Crippen molar-refractivity contribution in [3.05, 3.63) is 0 Å². The minimum Gasteiger partial charge on any atom is -0.444 e. The van der Waals surface area contributed by atoms with Crippen molar-refractivity contribution in [3.8, 4) is 0 Å². The van der Waals surface area contributed by atoms with E-state index in [4.69, 9.17) is 9.47 Å². The van der Waals surface area contributed by atoms with Gasteiger partial charge in [-0.1, -0.05) is 0 Å². The van der Waals surface area contributed by atoms with Crippen molar-refractivity contribution in [1.82, 2.24) is 10.2 Å². The highest BCUT2D eigenvalue weighted by Gasteiger charge is 2.34. The Hall–Kier alpha value is -1.02. The number of amides is 1. The maximum absolute atomic E-state index is 12.7. The molecule has 8 heteroatoms. The third kappa shape index (κ3) is 9.00. The standard InChI is InChI=1S/C15H27F3N2O3/c1-14(2,3)23-13(21)19-11(9-15(16,17)18)10-20-7-5-12(22-4)6-8-20/h11-12H,5-10H2,1-4H3,(H,19,21). The van der Waals surface area contributed by atoms with E-state index in [-0.39, 0.29) is 12.6 Å². The van der Waals surface area contributed by atoms with Gasteiger partial charge in [0.05, 0.1) is 18.6 Å². The lowest BCUT2D eigenvalue weighted by Crippen LogP contribution is -2.49. The first-order chi connectivity index (χ1) is 10.5. The van der Waals surface area contributed by atoms with Crippen LogP contribution in [0.4, 0.5) is 18.0 Å². The van der Waals surface area contributed by atoms with Gasteiger partial charge in [0.1, 0.15) is 5.60 Å². The van der Waals surface area contributed by atoms with E-state index in [0.29, 0.717) is 13.1 Å². The predicted molar refractivity (Wildman–Crippen MR) is 80.3 cm³/mol. The first kappa shape index (κ1) is 20.0. The van der Waals surface area contributed by atoms with Crippen molar-refractivity contribution < 1.29 is 27.4 Å². The Bertz CT molecular complexity index is 375. The monoisotopic (exact) mass is 340 g/mol. The summed E-state index contributed by atoms with van der Waals surface area (Å²) in [5, 5.41) is 2.35. The van der Waals surface area contributed by atoms with E-state index in [9.17, 15) is 18.0 Å². The number of piperidine rings is 1. The molecular weight excluding hydrogens is 313 g/mol. The number of hydrogen-bond donors (Lipinski definition) is 1. The van der Waals surface area contributed by atoms with Crippen LogP contribution in [0.5, 0.6) is 0 Å². The molecule has 0 bridgehead atoms. The number of alkyl carbamates (subject to hydrolysis) is 1. The number of hydrogen-bond acceptors (Lipinski definition) is 4. The molecule has 0 spiro atoms. The number of ether oxygens (including phenoxy) is 2. The second-order valence-electron chi connectivity index (χ2n) is 6.90. The number of likely N-dealkylation sites (tertiary alicyclic amines) is 1. The summed E-state index contributed by atoms with van der Waals surface area (Å²) in [6, 6.07) is -1.02. The highest BCUT2D eigenvalue weighted by atomic mass is 19.4. The first-order valence-corrected chi connectivity index (χ1v) is 7.80. The van der Waals surface area contributed by atoms with Crippen LogP contribution >= 0.6 is 0 Å². The molecule has 0 aromatic rings. The van der Waals surface area contributed by atoms with E-state index >= 15 is 0 Å². The average molecular weight is 340 g/mol. The number of alkyl halides is 3. The van der Waals surface area contributed by atoms with E-state index in [2.05, 4.69) is 5.32 Å². The highest BCUT2D eigenvalue weighted by Crippen LogP contribution is 2.23. The van der Waals surface area contributed by atoms with Crippen LogP contribution < -0.4 is 5.32 Å². The van der Waals surface area contributed by atoms with Crippen molar-refractivity contribution in [1.29, 1.82) is 0 Å². The Labute approximate surface area is 135 Å². The lowest BCUT2D eigenvalue weighted by atomic mass is 10.1. The summed E-state index contributed by atoms with van der Waals surface area (Å²) < 4.78 is 48.5. The zero-order valence-electron chi connectivity index (χ0n) is 14.2. The highest BCUT2D eigenvalue weighted by molar-refractivity contribution is 5.68. The van der Waals surface area contributed by atoms with Gasteiger partial charge in [-0.15, -0.1) is 0 Å². The van der Waals surface area contributed by atoms with Crippen molar-refractivity contribution >= 4 is 6.09 Å². The lowest BCUT2D eigenvalue weighted by molar-refractivity contribution is -0.141. The summed E-state index contributed by atoms with van der Waals surface area (Å²) in [5.41, 5.74) is -0.746. The van der Waals surface area contributed by atoms with E-state index in [0.717, 1.165) is 12.8 Å². The van der Waals surface area contributed by atoms with Gasteiger partial charge in [-0.05, 0) is 33.6 Å². The third-order valence-corrected chi connectivity index (χ3v) is 3.55. The van der Waals surface area contributed by atoms with E-state index < -0.39 is 30.3 Å². The van der Waals surface area contributed by atoms with Crippen LogP contribution in [0.25, 0.3) is 0 Å². The van der Waals surface area contributed by atoms with Crippen LogP contribution in [0.1, 0.15) is 40.0 Å². The minimum atomic E-state index is -4.34. The number of carbonyl (C=O) groups is 1. The SMILES string of the molecule is COC1CCN(CC(CC(F)(F)F)NC(=O)OC(C)(C)C)CC1. The molecule has 1 atom stereocenters. The zero-order valence-corrected chi connectivity index (χ0v) is 14.2. The molecule has 0 aromatic carbocycles. The van der Waals surface area contributed by atoms with Gasteiger partial charge < -0.3 is 19.7 Å². The van der Waals surface area contributed by atoms with Crippen LogP contribution in [0.3, 0.4) is 0 Å². The maximum Gasteiger partial charge on any atom is 0.407 e. The molecule has 136 valence electrons. The van der Waals surface area contributed by atoms with Crippen molar-refractivity contribution in [2.45, 2.75) is 64.0 Å².